The van der Waals surface area contributed by atoms with Crippen molar-refractivity contribution >= 4 is 36.5 Å². The third-order valence-electron chi connectivity index (χ3n) is 3.42. The van der Waals surface area contributed by atoms with E-state index in [1.54, 1.807) is 6.20 Å². The topological polar surface area (TPSA) is 57.3 Å². The molecule has 120 valence electrons. The van der Waals surface area contributed by atoms with Crippen molar-refractivity contribution in [3.63, 3.8) is 0 Å². The van der Waals surface area contributed by atoms with Crippen molar-refractivity contribution in [3.8, 4) is 0 Å². The van der Waals surface area contributed by atoms with Crippen LogP contribution < -0.4 is 15.5 Å². The summed E-state index contributed by atoms with van der Waals surface area (Å²) in [6, 6.07) is 3.67. The van der Waals surface area contributed by atoms with Crippen LogP contribution in [0, 0.1) is 5.92 Å². The molecule has 1 aromatic rings. The van der Waals surface area contributed by atoms with E-state index in [1.807, 2.05) is 31.1 Å². The van der Waals surface area contributed by atoms with Crippen LogP contribution in [0.2, 0.25) is 0 Å². The molecule has 2 rings (SSSR count). The largest absolute Gasteiger partial charge is 0.363 e. The minimum Gasteiger partial charge on any atom is -0.363 e. The number of aromatic nitrogens is 1. The average Bonchev–Trinajstić information content (AvgIpc) is 2.46. The van der Waals surface area contributed by atoms with Gasteiger partial charge in [-0.05, 0) is 44.0 Å². The van der Waals surface area contributed by atoms with Crippen molar-refractivity contribution in [1.82, 2.24) is 15.6 Å². The summed E-state index contributed by atoms with van der Waals surface area (Å²) in [5.41, 5.74) is 0.620. The fraction of sp³-hybridized carbons (Fsp3) is 0.571. The first kappa shape index (κ1) is 20.0. The molecule has 1 unspecified atom stereocenters. The van der Waals surface area contributed by atoms with E-state index in [0.717, 1.165) is 25.5 Å². The fourth-order valence-electron chi connectivity index (χ4n) is 2.22. The van der Waals surface area contributed by atoms with E-state index in [-0.39, 0.29) is 30.7 Å². The maximum Gasteiger partial charge on any atom is 0.252 e. The fourth-order valence-corrected chi connectivity index (χ4v) is 2.22. The second kappa shape index (κ2) is 9.82. The molecule has 21 heavy (non-hydrogen) atoms. The highest BCUT2D eigenvalue weighted by Crippen LogP contribution is 2.10. The predicted molar refractivity (Wildman–Crippen MR) is 91.0 cm³/mol. The molecule has 7 heteroatoms. The first-order chi connectivity index (χ1) is 9.16. The van der Waals surface area contributed by atoms with Crippen molar-refractivity contribution in [2.24, 2.45) is 5.92 Å². The van der Waals surface area contributed by atoms with Crippen molar-refractivity contribution in [2.45, 2.75) is 12.8 Å². The Balaban J connectivity index is 0.00000200. The van der Waals surface area contributed by atoms with E-state index in [9.17, 15) is 4.79 Å². The van der Waals surface area contributed by atoms with Crippen LogP contribution in [0.25, 0.3) is 0 Å². The normalized spacial score (nSPS) is 17.1. The van der Waals surface area contributed by atoms with E-state index >= 15 is 0 Å². The summed E-state index contributed by atoms with van der Waals surface area (Å²) in [6.45, 7) is 2.83. The molecule has 1 aliphatic heterocycles. The Hall–Kier alpha value is -1.04. The molecule has 0 aromatic carbocycles. The van der Waals surface area contributed by atoms with Crippen molar-refractivity contribution in [1.29, 1.82) is 0 Å². The molecule has 5 nitrogen and oxygen atoms in total. The Morgan fingerprint density at radius 2 is 2.19 bits per heavy atom. The smallest absolute Gasteiger partial charge is 0.252 e. The van der Waals surface area contributed by atoms with Crippen LogP contribution in [0.3, 0.4) is 0 Å². The van der Waals surface area contributed by atoms with E-state index in [2.05, 4.69) is 15.6 Å². The van der Waals surface area contributed by atoms with E-state index < -0.39 is 0 Å². The molecular formula is C14H24Cl2N4O. The predicted octanol–water partition coefficient (Wildman–Crippen LogP) is 1.72. The van der Waals surface area contributed by atoms with Gasteiger partial charge in [0.1, 0.15) is 5.82 Å². The molecule has 1 aromatic heterocycles. The summed E-state index contributed by atoms with van der Waals surface area (Å²) in [4.78, 5) is 18.1. The number of carbonyl (C=O) groups is 1. The number of anilines is 1. The molecule has 2 heterocycles. The number of halogens is 2. The maximum atomic E-state index is 12.0. The summed E-state index contributed by atoms with van der Waals surface area (Å²) in [5, 5.41) is 6.33. The molecule has 0 radical (unpaired) electrons. The monoisotopic (exact) mass is 334 g/mol. The van der Waals surface area contributed by atoms with Gasteiger partial charge in [0.05, 0.1) is 5.56 Å². The van der Waals surface area contributed by atoms with Crippen LogP contribution in [0.1, 0.15) is 23.2 Å². The lowest BCUT2D eigenvalue weighted by Gasteiger charge is -2.22. The van der Waals surface area contributed by atoms with Gasteiger partial charge in [-0.2, -0.15) is 0 Å². The number of amides is 1. The van der Waals surface area contributed by atoms with Crippen LogP contribution in [-0.4, -0.2) is 44.6 Å². The molecule has 0 saturated carbocycles. The highest BCUT2D eigenvalue weighted by molar-refractivity contribution is 5.94. The zero-order valence-electron chi connectivity index (χ0n) is 12.5. The van der Waals surface area contributed by atoms with Gasteiger partial charge in [-0.25, -0.2) is 4.98 Å². The molecule has 0 spiro atoms. The van der Waals surface area contributed by atoms with E-state index in [4.69, 9.17) is 0 Å². The molecular weight excluding hydrogens is 311 g/mol. The van der Waals surface area contributed by atoms with Gasteiger partial charge in [0, 0.05) is 26.8 Å². The molecule has 0 bridgehead atoms. The first-order valence-corrected chi connectivity index (χ1v) is 6.79. The number of hydrogen-bond acceptors (Lipinski definition) is 4. The van der Waals surface area contributed by atoms with Crippen LogP contribution in [0.5, 0.6) is 0 Å². The van der Waals surface area contributed by atoms with Gasteiger partial charge >= 0.3 is 0 Å². The second-order valence-electron chi connectivity index (χ2n) is 5.22. The molecule has 1 saturated heterocycles. The zero-order chi connectivity index (χ0) is 13.7. The number of piperidine rings is 1. The van der Waals surface area contributed by atoms with Crippen molar-refractivity contribution < 1.29 is 4.79 Å². The molecule has 1 fully saturated rings. The second-order valence-corrected chi connectivity index (χ2v) is 5.22. The Bertz CT molecular complexity index is 419. The van der Waals surface area contributed by atoms with Crippen molar-refractivity contribution in [3.05, 3.63) is 23.9 Å². The number of carbonyl (C=O) groups excluding carboxylic acids is 1. The highest BCUT2D eigenvalue weighted by atomic mass is 35.5. The van der Waals surface area contributed by atoms with E-state index in [1.165, 1.54) is 12.8 Å². The summed E-state index contributed by atoms with van der Waals surface area (Å²) < 4.78 is 0. The van der Waals surface area contributed by atoms with Crippen LogP contribution in [0.15, 0.2) is 18.3 Å². The lowest BCUT2D eigenvalue weighted by molar-refractivity contribution is 0.0944. The third-order valence-corrected chi connectivity index (χ3v) is 3.42. The SMILES string of the molecule is CN(C)c1ccc(C(=O)NCC2CCCNC2)cn1.Cl.Cl. The third kappa shape index (κ3) is 6.08. The number of nitrogens with zero attached hydrogens (tertiary/aromatic N) is 2. The van der Waals surface area contributed by atoms with Gasteiger partial charge in [-0.1, -0.05) is 0 Å². The minimum atomic E-state index is -0.0385. The lowest BCUT2D eigenvalue weighted by Crippen LogP contribution is -2.38. The molecule has 0 aliphatic carbocycles. The van der Waals surface area contributed by atoms with Crippen LogP contribution in [-0.2, 0) is 0 Å². The summed E-state index contributed by atoms with van der Waals surface area (Å²) in [6.07, 6.45) is 4.01. The van der Waals surface area contributed by atoms with Gasteiger partial charge in [-0.3, -0.25) is 4.79 Å². The average molecular weight is 335 g/mol. The Morgan fingerprint density at radius 1 is 1.43 bits per heavy atom. The molecule has 1 atom stereocenters. The van der Waals surface area contributed by atoms with Gasteiger partial charge in [0.25, 0.3) is 5.91 Å². The summed E-state index contributed by atoms with van der Waals surface area (Å²) in [7, 11) is 3.86. The zero-order valence-corrected chi connectivity index (χ0v) is 14.1. The lowest BCUT2D eigenvalue weighted by atomic mass is 10.00. The van der Waals surface area contributed by atoms with Gasteiger partial charge in [0.2, 0.25) is 0 Å². The Kier molecular flexibility index (Phi) is 9.33. The van der Waals surface area contributed by atoms with E-state index in [0.29, 0.717) is 11.5 Å². The van der Waals surface area contributed by atoms with Crippen LogP contribution in [0.4, 0.5) is 5.82 Å². The molecule has 1 amide bonds. The number of hydrogen-bond donors (Lipinski definition) is 2. The van der Waals surface area contributed by atoms with Crippen LogP contribution >= 0.6 is 24.8 Å². The molecule has 1 aliphatic rings. The highest BCUT2D eigenvalue weighted by Gasteiger charge is 2.14. The minimum absolute atomic E-state index is 0. The first-order valence-electron chi connectivity index (χ1n) is 6.79. The number of pyridine rings is 1. The number of nitrogens with one attached hydrogen (secondary N) is 2. The maximum absolute atomic E-state index is 12.0. The van der Waals surface area contributed by atoms with Gasteiger partial charge in [0.15, 0.2) is 0 Å². The summed E-state index contributed by atoms with van der Waals surface area (Å²) >= 11 is 0. The quantitative estimate of drug-likeness (QED) is 0.880. The standard InChI is InChI=1S/C14H22N4O.2ClH/c1-18(2)13-6-5-12(10-16-13)14(19)17-9-11-4-3-7-15-8-11;;/h5-6,10-11,15H,3-4,7-9H2,1-2H3,(H,17,19);2*1H. The Morgan fingerprint density at radius 3 is 2.71 bits per heavy atom. The Labute approximate surface area is 138 Å². The summed E-state index contributed by atoms with van der Waals surface area (Å²) in [5.74, 6) is 1.36. The van der Waals surface area contributed by atoms with Gasteiger partial charge < -0.3 is 15.5 Å². The molecule has 2 N–H and O–H groups in total. The van der Waals surface area contributed by atoms with Gasteiger partial charge in [-0.15, -0.1) is 24.8 Å². The number of rotatable bonds is 4. The van der Waals surface area contributed by atoms with Crippen molar-refractivity contribution in [2.75, 3.05) is 38.6 Å².